The van der Waals surface area contributed by atoms with Crippen molar-refractivity contribution in [2.24, 2.45) is 5.92 Å². The molecule has 2 aliphatic carbocycles. The molecule has 1 N–H and O–H groups in total. The molecular formula is C16H23NOS. The van der Waals surface area contributed by atoms with Crippen molar-refractivity contribution in [1.29, 1.82) is 0 Å². The van der Waals surface area contributed by atoms with E-state index in [4.69, 9.17) is 0 Å². The summed E-state index contributed by atoms with van der Waals surface area (Å²) in [5, 5.41) is 3.17. The second kappa shape index (κ2) is 5.66. The number of amides is 1. The first kappa shape index (κ1) is 13.2. The Morgan fingerprint density at radius 3 is 2.74 bits per heavy atom. The van der Waals surface area contributed by atoms with E-state index < -0.39 is 0 Å². The van der Waals surface area contributed by atoms with Gasteiger partial charge in [-0.2, -0.15) is 0 Å². The number of aryl methyl sites for hydroxylation is 2. The molecule has 1 amide bonds. The molecule has 0 spiro atoms. The SMILES string of the molecule is CC(NC(=O)c1cc2c(s1)CCCCCC2)C1CC1. The second-order valence-corrected chi connectivity index (χ2v) is 7.21. The van der Waals surface area contributed by atoms with E-state index >= 15 is 0 Å². The zero-order valence-corrected chi connectivity index (χ0v) is 12.5. The fraction of sp³-hybridized carbons (Fsp3) is 0.688. The maximum atomic E-state index is 12.3. The molecule has 3 rings (SSSR count). The molecule has 0 saturated heterocycles. The maximum absolute atomic E-state index is 12.3. The lowest BCUT2D eigenvalue weighted by atomic mass is 10.00. The molecule has 1 aromatic heterocycles. The van der Waals surface area contributed by atoms with E-state index in [9.17, 15) is 4.79 Å². The van der Waals surface area contributed by atoms with E-state index in [0.29, 0.717) is 6.04 Å². The Balaban J connectivity index is 1.69. The van der Waals surface area contributed by atoms with Gasteiger partial charge in [-0.25, -0.2) is 0 Å². The average Bonchev–Trinajstić information content (AvgIpc) is 3.13. The van der Waals surface area contributed by atoms with Crippen molar-refractivity contribution < 1.29 is 4.79 Å². The van der Waals surface area contributed by atoms with E-state index in [1.807, 2.05) is 0 Å². The Hall–Kier alpha value is -0.830. The van der Waals surface area contributed by atoms with Crippen LogP contribution in [0, 0.1) is 5.92 Å². The summed E-state index contributed by atoms with van der Waals surface area (Å²) in [6.07, 6.45) is 10.1. The van der Waals surface area contributed by atoms with Crippen LogP contribution in [0.3, 0.4) is 0 Å². The average molecular weight is 277 g/mol. The summed E-state index contributed by atoms with van der Waals surface area (Å²) in [6, 6.07) is 2.50. The molecule has 3 heteroatoms. The van der Waals surface area contributed by atoms with E-state index in [-0.39, 0.29) is 5.91 Å². The third-order valence-electron chi connectivity index (χ3n) is 4.41. The number of hydrogen-bond acceptors (Lipinski definition) is 2. The van der Waals surface area contributed by atoms with Crippen molar-refractivity contribution in [1.82, 2.24) is 5.32 Å². The Morgan fingerprint density at radius 2 is 2.00 bits per heavy atom. The summed E-state index contributed by atoms with van der Waals surface area (Å²) in [5.74, 6) is 0.876. The molecule has 0 aromatic carbocycles. The van der Waals surface area contributed by atoms with Crippen molar-refractivity contribution in [3.8, 4) is 0 Å². The normalized spacial score (nSPS) is 21.1. The molecule has 1 heterocycles. The molecule has 1 fully saturated rings. The summed E-state index contributed by atoms with van der Waals surface area (Å²) in [7, 11) is 0. The van der Waals surface area contributed by atoms with Gasteiger partial charge < -0.3 is 5.32 Å². The first-order valence-electron chi connectivity index (χ1n) is 7.66. The Kier molecular flexibility index (Phi) is 3.92. The lowest BCUT2D eigenvalue weighted by Gasteiger charge is -2.11. The van der Waals surface area contributed by atoms with Crippen LogP contribution in [0.15, 0.2) is 6.07 Å². The molecule has 104 valence electrons. The minimum absolute atomic E-state index is 0.149. The van der Waals surface area contributed by atoms with Gasteiger partial charge in [-0.1, -0.05) is 12.8 Å². The van der Waals surface area contributed by atoms with Crippen molar-refractivity contribution in [2.45, 2.75) is 64.3 Å². The Morgan fingerprint density at radius 1 is 1.26 bits per heavy atom. The first-order valence-corrected chi connectivity index (χ1v) is 8.48. The highest BCUT2D eigenvalue weighted by Crippen LogP contribution is 2.33. The van der Waals surface area contributed by atoms with Crippen LogP contribution in [0.25, 0.3) is 0 Å². The summed E-state index contributed by atoms with van der Waals surface area (Å²) in [5.41, 5.74) is 1.44. The number of fused-ring (bicyclic) bond motifs is 1. The van der Waals surface area contributed by atoms with Gasteiger partial charge in [0.05, 0.1) is 4.88 Å². The zero-order chi connectivity index (χ0) is 13.2. The van der Waals surface area contributed by atoms with Crippen LogP contribution >= 0.6 is 11.3 Å². The molecule has 1 aromatic rings. The zero-order valence-electron chi connectivity index (χ0n) is 11.7. The molecule has 19 heavy (non-hydrogen) atoms. The Bertz CT molecular complexity index is 436. The molecule has 2 aliphatic rings. The molecule has 1 saturated carbocycles. The molecule has 0 bridgehead atoms. The van der Waals surface area contributed by atoms with Crippen molar-refractivity contribution >= 4 is 17.2 Å². The third kappa shape index (κ3) is 3.19. The van der Waals surface area contributed by atoms with Gasteiger partial charge >= 0.3 is 0 Å². The van der Waals surface area contributed by atoms with Crippen molar-refractivity contribution in [3.05, 3.63) is 21.4 Å². The van der Waals surface area contributed by atoms with Gasteiger partial charge in [-0.05, 0) is 63.0 Å². The molecular weight excluding hydrogens is 254 g/mol. The highest BCUT2D eigenvalue weighted by Gasteiger charge is 2.29. The Labute approximate surface area is 119 Å². The van der Waals surface area contributed by atoms with Crippen LogP contribution in [0.5, 0.6) is 0 Å². The van der Waals surface area contributed by atoms with Gasteiger partial charge in [0, 0.05) is 10.9 Å². The van der Waals surface area contributed by atoms with Crippen LogP contribution in [-0.2, 0) is 12.8 Å². The van der Waals surface area contributed by atoms with Crippen molar-refractivity contribution in [2.75, 3.05) is 0 Å². The number of nitrogens with one attached hydrogen (secondary N) is 1. The predicted molar refractivity (Wildman–Crippen MR) is 79.8 cm³/mol. The van der Waals surface area contributed by atoms with E-state index in [1.54, 1.807) is 11.3 Å². The number of thiophene rings is 1. The number of rotatable bonds is 3. The van der Waals surface area contributed by atoms with Gasteiger partial charge in [0.1, 0.15) is 0 Å². The minimum Gasteiger partial charge on any atom is -0.349 e. The number of carbonyl (C=O) groups excluding carboxylic acids is 1. The standard InChI is InChI=1S/C16H23NOS/c1-11(12-8-9-12)17-16(18)15-10-13-6-4-2-3-5-7-14(13)19-15/h10-12H,2-9H2,1H3,(H,17,18). The van der Waals surface area contributed by atoms with Crippen LogP contribution in [0.2, 0.25) is 0 Å². The van der Waals surface area contributed by atoms with Gasteiger partial charge in [0.25, 0.3) is 5.91 Å². The van der Waals surface area contributed by atoms with E-state index in [2.05, 4.69) is 18.3 Å². The van der Waals surface area contributed by atoms with E-state index in [1.165, 1.54) is 55.4 Å². The lowest BCUT2D eigenvalue weighted by molar-refractivity contribution is 0.0940. The van der Waals surface area contributed by atoms with Crippen LogP contribution in [0.4, 0.5) is 0 Å². The predicted octanol–water partition coefficient (Wildman–Crippen LogP) is 3.94. The van der Waals surface area contributed by atoms with Crippen LogP contribution in [0.1, 0.15) is 65.6 Å². The van der Waals surface area contributed by atoms with Crippen molar-refractivity contribution in [3.63, 3.8) is 0 Å². The molecule has 0 aliphatic heterocycles. The largest absolute Gasteiger partial charge is 0.349 e. The molecule has 1 unspecified atom stereocenters. The highest BCUT2D eigenvalue weighted by atomic mass is 32.1. The smallest absolute Gasteiger partial charge is 0.261 e. The number of hydrogen-bond donors (Lipinski definition) is 1. The fourth-order valence-corrected chi connectivity index (χ4v) is 4.10. The van der Waals surface area contributed by atoms with Gasteiger partial charge in [-0.3, -0.25) is 4.79 Å². The molecule has 2 nitrogen and oxygen atoms in total. The summed E-state index contributed by atoms with van der Waals surface area (Å²) in [4.78, 5) is 14.7. The first-order chi connectivity index (χ1) is 9.24. The monoisotopic (exact) mass is 277 g/mol. The molecule has 1 atom stereocenters. The van der Waals surface area contributed by atoms with Crippen LogP contribution < -0.4 is 5.32 Å². The van der Waals surface area contributed by atoms with Crippen LogP contribution in [-0.4, -0.2) is 11.9 Å². The van der Waals surface area contributed by atoms with Gasteiger partial charge in [-0.15, -0.1) is 11.3 Å². The van der Waals surface area contributed by atoms with Gasteiger partial charge in [0.15, 0.2) is 0 Å². The van der Waals surface area contributed by atoms with E-state index in [0.717, 1.165) is 17.2 Å². The second-order valence-electron chi connectivity index (χ2n) is 6.07. The fourth-order valence-electron chi connectivity index (χ4n) is 2.95. The highest BCUT2D eigenvalue weighted by molar-refractivity contribution is 7.14. The topological polar surface area (TPSA) is 29.1 Å². The quantitative estimate of drug-likeness (QED) is 0.891. The molecule has 0 radical (unpaired) electrons. The summed E-state index contributed by atoms with van der Waals surface area (Å²) in [6.45, 7) is 2.14. The summed E-state index contributed by atoms with van der Waals surface area (Å²) < 4.78 is 0. The maximum Gasteiger partial charge on any atom is 0.261 e. The lowest BCUT2D eigenvalue weighted by Crippen LogP contribution is -2.33. The number of carbonyl (C=O) groups is 1. The summed E-state index contributed by atoms with van der Waals surface area (Å²) >= 11 is 1.73. The minimum atomic E-state index is 0.149. The van der Waals surface area contributed by atoms with Gasteiger partial charge in [0.2, 0.25) is 0 Å². The third-order valence-corrected chi connectivity index (χ3v) is 5.64.